The van der Waals surface area contributed by atoms with Gasteiger partial charge in [0.1, 0.15) is 11.2 Å². The number of para-hydroxylation sites is 4. The van der Waals surface area contributed by atoms with Crippen LogP contribution >= 0.6 is 0 Å². The van der Waals surface area contributed by atoms with E-state index in [0.717, 1.165) is 66.9 Å². The molecule has 0 aliphatic rings. The van der Waals surface area contributed by atoms with Crippen LogP contribution in [0.3, 0.4) is 0 Å². The van der Waals surface area contributed by atoms with Gasteiger partial charge in [-0.25, -0.2) is 0 Å². The predicted octanol–water partition coefficient (Wildman–Crippen LogP) is 16.8. The summed E-state index contributed by atoms with van der Waals surface area (Å²) in [5.74, 6) is 0. The Balaban J connectivity index is 0.941. The molecule has 3 heteroatoms. The first-order valence-electron chi connectivity index (χ1n) is 21.5. The van der Waals surface area contributed by atoms with E-state index in [1.165, 1.54) is 44.1 Å². The van der Waals surface area contributed by atoms with Gasteiger partial charge in [0.25, 0.3) is 0 Å². The molecule has 0 radical (unpaired) electrons. The molecular formula is C60H40N2O. The molecule has 296 valence electrons. The molecule has 0 spiro atoms. The van der Waals surface area contributed by atoms with E-state index in [9.17, 15) is 0 Å². The zero-order valence-corrected chi connectivity index (χ0v) is 34.4. The molecule has 3 nitrogen and oxygen atoms in total. The van der Waals surface area contributed by atoms with Gasteiger partial charge >= 0.3 is 0 Å². The Kier molecular flexibility index (Phi) is 8.83. The van der Waals surface area contributed by atoms with Crippen molar-refractivity contribution in [2.24, 2.45) is 0 Å². The second kappa shape index (κ2) is 15.3. The molecule has 0 aliphatic carbocycles. The van der Waals surface area contributed by atoms with Gasteiger partial charge in [-0.1, -0.05) is 170 Å². The van der Waals surface area contributed by atoms with E-state index in [1.54, 1.807) is 0 Å². The SMILES string of the molecule is c1ccc(-c2ccccc2N(c2ccc(-c3cccc(-c4cccc(-n5c6ccccc6c6ccccc65)c4)c3)cc2)c2cccc(-c3cccc4oc5ccccc5c34)c2)cc1. The first-order chi connectivity index (χ1) is 31.2. The third-order valence-corrected chi connectivity index (χ3v) is 12.4. The molecule has 0 saturated heterocycles. The molecule has 2 heterocycles. The standard InChI is InChI=1S/C60H40N2O/c1-2-16-42(17-3-1)50-24-4-8-29-55(50)61(48-22-14-21-46(40-48)51-28-15-33-59-60(51)54-27-7-11-32-58(54)63-59)47-36-34-41(35-37-47)43-18-12-19-44(38-43)45-20-13-23-49(39-45)62-56-30-9-5-25-52(56)53-26-6-10-31-57(53)62/h1-40H. The van der Waals surface area contributed by atoms with Gasteiger partial charge in [0.15, 0.2) is 0 Å². The third kappa shape index (κ3) is 6.38. The molecule has 0 bridgehead atoms. The highest BCUT2D eigenvalue weighted by atomic mass is 16.3. The molecular weight excluding hydrogens is 765 g/mol. The Hall–Kier alpha value is -8.40. The molecule has 12 aromatic rings. The van der Waals surface area contributed by atoms with Crippen molar-refractivity contribution in [2.75, 3.05) is 4.90 Å². The Bertz CT molecular complexity index is 3580. The molecule has 0 aliphatic heterocycles. The van der Waals surface area contributed by atoms with Crippen molar-refractivity contribution in [1.82, 2.24) is 4.57 Å². The van der Waals surface area contributed by atoms with Crippen LogP contribution in [0.2, 0.25) is 0 Å². The van der Waals surface area contributed by atoms with Crippen LogP contribution < -0.4 is 4.90 Å². The van der Waals surface area contributed by atoms with E-state index in [1.807, 2.05) is 12.1 Å². The van der Waals surface area contributed by atoms with E-state index in [0.29, 0.717) is 0 Å². The number of nitrogens with zero attached hydrogens (tertiary/aromatic N) is 2. The Morgan fingerprint density at radius 2 is 0.873 bits per heavy atom. The quantitative estimate of drug-likeness (QED) is 0.153. The van der Waals surface area contributed by atoms with Crippen LogP contribution in [0.15, 0.2) is 247 Å². The number of hydrogen-bond acceptors (Lipinski definition) is 2. The molecule has 0 N–H and O–H groups in total. The van der Waals surface area contributed by atoms with Crippen LogP contribution in [0.4, 0.5) is 17.1 Å². The summed E-state index contributed by atoms with van der Waals surface area (Å²) in [6.45, 7) is 0. The summed E-state index contributed by atoms with van der Waals surface area (Å²) in [7, 11) is 0. The maximum atomic E-state index is 6.31. The maximum Gasteiger partial charge on any atom is 0.136 e. The van der Waals surface area contributed by atoms with Crippen molar-refractivity contribution in [3.8, 4) is 50.2 Å². The number of rotatable bonds is 8. The molecule has 2 aromatic heterocycles. The Labute approximate surface area is 366 Å². The average molecular weight is 805 g/mol. The highest BCUT2D eigenvalue weighted by Crippen LogP contribution is 2.44. The summed E-state index contributed by atoms with van der Waals surface area (Å²) in [6.07, 6.45) is 0. The number of fused-ring (bicyclic) bond motifs is 6. The smallest absolute Gasteiger partial charge is 0.136 e. The molecule has 0 unspecified atom stereocenters. The fourth-order valence-corrected chi connectivity index (χ4v) is 9.49. The largest absolute Gasteiger partial charge is 0.456 e. The van der Waals surface area contributed by atoms with E-state index >= 15 is 0 Å². The van der Waals surface area contributed by atoms with Gasteiger partial charge in [-0.15, -0.1) is 0 Å². The van der Waals surface area contributed by atoms with Gasteiger partial charge in [0.2, 0.25) is 0 Å². The van der Waals surface area contributed by atoms with Crippen LogP contribution in [0.25, 0.3) is 93.9 Å². The molecule has 0 amide bonds. The van der Waals surface area contributed by atoms with Crippen LogP contribution in [0.1, 0.15) is 0 Å². The minimum absolute atomic E-state index is 0.890. The third-order valence-electron chi connectivity index (χ3n) is 12.4. The Morgan fingerprint density at radius 3 is 1.67 bits per heavy atom. The second-order valence-corrected chi connectivity index (χ2v) is 16.1. The van der Waals surface area contributed by atoms with E-state index in [2.05, 4.69) is 240 Å². The summed E-state index contributed by atoms with van der Waals surface area (Å²) in [4.78, 5) is 2.39. The maximum absolute atomic E-state index is 6.31. The van der Waals surface area contributed by atoms with Crippen molar-refractivity contribution < 1.29 is 4.42 Å². The Morgan fingerprint density at radius 1 is 0.317 bits per heavy atom. The lowest BCUT2D eigenvalue weighted by molar-refractivity contribution is 0.669. The van der Waals surface area contributed by atoms with Crippen LogP contribution in [0.5, 0.6) is 0 Å². The monoisotopic (exact) mass is 804 g/mol. The van der Waals surface area contributed by atoms with E-state index in [-0.39, 0.29) is 0 Å². The highest BCUT2D eigenvalue weighted by Gasteiger charge is 2.20. The van der Waals surface area contributed by atoms with E-state index in [4.69, 9.17) is 4.42 Å². The fourth-order valence-electron chi connectivity index (χ4n) is 9.49. The first-order valence-corrected chi connectivity index (χ1v) is 21.5. The summed E-state index contributed by atoms with van der Waals surface area (Å²) in [5, 5.41) is 4.78. The number of aromatic nitrogens is 1. The number of furan rings is 1. The summed E-state index contributed by atoms with van der Waals surface area (Å²) >= 11 is 0. The number of hydrogen-bond donors (Lipinski definition) is 0. The van der Waals surface area contributed by atoms with Crippen molar-refractivity contribution in [1.29, 1.82) is 0 Å². The van der Waals surface area contributed by atoms with Crippen molar-refractivity contribution in [2.45, 2.75) is 0 Å². The number of anilines is 3. The second-order valence-electron chi connectivity index (χ2n) is 16.1. The lowest BCUT2D eigenvalue weighted by atomic mass is 9.97. The highest BCUT2D eigenvalue weighted by molar-refractivity contribution is 6.13. The van der Waals surface area contributed by atoms with Crippen molar-refractivity contribution >= 4 is 60.8 Å². The minimum Gasteiger partial charge on any atom is -0.456 e. The van der Waals surface area contributed by atoms with Gasteiger partial charge in [0, 0.05) is 44.2 Å². The van der Waals surface area contributed by atoms with Gasteiger partial charge < -0.3 is 13.9 Å². The topological polar surface area (TPSA) is 21.3 Å². The fraction of sp³-hybridized carbons (Fsp3) is 0. The molecule has 63 heavy (non-hydrogen) atoms. The summed E-state index contributed by atoms with van der Waals surface area (Å²) in [5.41, 5.74) is 17.9. The lowest BCUT2D eigenvalue weighted by Crippen LogP contribution is -2.11. The van der Waals surface area contributed by atoms with Gasteiger partial charge in [-0.2, -0.15) is 0 Å². The lowest BCUT2D eigenvalue weighted by Gasteiger charge is -2.28. The summed E-state index contributed by atoms with van der Waals surface area (Å²) < 4.78 is 8.70. The van der Waals surface area contributed by atoms with Gasteiger partial charge in [-0.3, -0.25) is 0 Å². The van der Waals surface area contributed by atoms with Crippen molar-refractivity contribution in [3.05, 3.63) is 243 Å². The first kappa shape index (κ1) is 36.5. The van der Waals surface area contributed by atoms with Crippen molar-refractivity contribution in [3.63, 3.8) is 0 Å². The molecule has 12 rings (SSSR count). The summed E-state index contributed by atoms with van der Waals surface area (Å²) in [6, 6.07) is 87.1. The van der Waals surface area contributed by atoms with Gasteiger partial charge in [-0.05, 0) is 112 Å². The zero-order chi connectivity index (χ0) is 41.7. The normalized spacial score (nSPS) is 11.5. The van der Waals surface area contributed by atoms with Crippen LogP contribution in [-0.4, -0.2) is 4.57 Å². The minimum atomic E-state index is 0.890. The number of benzene rings is 10. The molecule has 10 aromatic carbocycles. The van der Waals surface area contributed by atoms with Crippen LogP contribution in [-0.2, 0) is 0 Å². The van der Waals surface area contributed by atoms with Gasteiger partial charge in [0.05, 0.1) is 16.7 Å². The molecule has 0 saturated carbocycles. The van der Waals surface area contributed by atoms with Crippen LogP contribution in [0, 0.1) is 0 Å². The molecule has 0 fully saturated rings. The van der Waals surface area contributed by atoms with E-state index < -0.39 is 0 Å². The predicted molar refractivity (Wildman–Crippen MR) is 264 cm³/mol. The zero-order valence-electron chi connectivity index (χ0n) is 34.4. The average Bonchev–Trinajstić information content (AvgIpc) is 3.91. The molecule has 0 atom stereocenters.